The predicted octanol–water partition coefficient (Wildman–Crippen LogP) is 3.44. The molecule has 1 N–H and O–H groups in total. The van der Waals surface area contributed by atoms with Crippen molar-refractivity contribution in [3.8, 4) is 0 Å². The molecule has 1 fully saturated rings. The Balaban J connectivity index is 1.72. The highest BCUT2D eigenvalue weighted by Gasteiger charge is 2.35. The lowest BCUT2D eigenvalue weighted by Gasteiger charge is -2.39. The van der Waals surface area contributed by atoms with Gasteiger partial charge in [0, 0.05) is 35.3 Å². The molecule has 1 atom stereocenters. The molecule has 0 saturated carbocycles. The summed E-state index contributed by atoms with van der Waals surface area (Å²) in [6, 6.07) is 18.1. The number of amidine groups is 1. The van der Waals surface area contributed by atoms with Crippen LogP contribution in [-0.4, -0.2) is 45.7 Å². The van der Waals surface area contributed by atoms with Crippen molar-refractivity contribution in [3.05, 3.63) is 82.2 Å². The summed E-state index contributed by atoms with van der Waals surface area (Å²) in [7, 11) is 0. The van der Waals surface area contributed by atoms with Gasteiger partial charge in [-0.2, -0.15) is 0 Å². The van der Waals surface area contributed by atoms with Gasteiger partial charge in [0.2, 0.25) is 0 Å². The van der Waals surface area contributed by atoms with Crippen LogP contribution < -0.4 is 0 Å². The van der Waals surface area contributed by atoms with Crippen LogP contribution in [0.25, 0.3) is 0 Å². The quantitative estimate of drug-likeness (QED) is 0.747. The van der Waals surface area contributed by atoms with Crippen molar-refractivity contribution >= 4 is 28.7 Å². The van der Waals surface area contributed by atoms with E-state index in [4.69, 9.17) is 9.98 Å². The first-order chi connectivity index (χ1) is 13.3. The van der Waals surface area contributed by atoms with Gasteiger partial charge in [0.25, 0.3) is 0 Å². The lowest BCUT2D eigenvalue weighted by molar-refractivity contribution is 0.0448. The fraction of sp³-hybridized carbons (Fsp3) is 0.190. The number of fused-ring (bicyclic) bond motifs is 1. The van der Waals surface area contributed by atoms with Gasteiger partial charge in [-0.15, -0.1) is 11.3 Å². The Bertz CT molecular complexity index is 1010. The Hall–Kier alpha value is -2.83. The van der Waals surface area contributed by atoms with Gasteiger partial charge in [-0.05, 0) is 23.6 Å². The number of likely N-dealkylation sites (tertiary alicyclic amines) is 1. The van der Waals surface area contributed by atoms with Crippen LogP contribution >= 0.6 is 11.3 Å². The monoisotopic (exact) mass is 374 g/mol. The molecule has 5 nitrogen and oxygen atoms in total. The summed E-state index contributed by atoms with van der Waals surface area (Å²) in [5.41, 5.74) is 2.88. The van der Waals surface area contributed by atoms with Crippen molar-refractivity contribution in [2.75, 3.05) is 13.1 Å². The number of thiophene rings is 1. The van der Waals surface area contributed by atoms with Gasteiger partial charge in [0.05, 0.1) is 11.8 Å². The fourth-order valence-corrected chi connectivity index (χ4v) is 4.21. The van der Waals surface area contributed by atoms with E-state index < -0.39 is 0 Å². The normalized spacial score (nSPS) is 19.6. The third-order valence-electron chi connectivity index (χ3n) is 4.81. The summed E-state index contributed by atoms with van der Waals surface area (Å²) >= 11 is 1.67. The zero-order valence-electron chi connectivity index (χ0n) is 14.6. The number of aliphatic imine (C=N–C) groups is 2. The van der Waals surface area contributed by atoms with Gasteiger partial charge in [-0.25, -0.2) is 9.98 Å². The van der Waals surface area contributed by atoms with Crippen LogP contribution in [-0.2, 0) is 0 Å². The maximum absolute atomic E-state index is 9.82. The van der Waals surface area contributed by atoms with Crippen molar-refractivity contribution in [1.82, 2.24) is 9.88 Å². The van der Waals surface area contributed by atoms with Crippen molar-refractivity contribution < 1.29 is 5.11 Å². The molecule has 2 aliphatic rings. The Morgan fingerprint density at radius 1 is 1.00 bits per heavy atom. The van der Waals surface area contributed by atoms with E-state index >= 15 is 0 Å². The summed E-state index contributed by atoms with van der Waals surface area (Å²) in [6.07, 6.45) is 1.46. The number of aliphatic hydroxyl groups is 1. The van der Waals surface area contributed by atoms with Gasteiger partial charge < -0.3 is 10.0 Å². The minimum atomic E-state index is -0.305. The maximum Gasteiger partial charge on any atom is 0.163 e. The van der Waals surface area contributed by atoms with E-state index in [0.717, 1.165) is 27.6 Å². The fourth-order valence-electron chi connectivity index (χ4n) is 3.45. The standard InChI is InChI=1S/C21H18N4OS/c26-15-12-25(13-15)21-19(17-9-5-11-27-17)23-18(14-6-2-1-3-7-14)16-8-4-10-22-20(16)24-21/h1-11,15,19,26H,12-13H2. The van der Waals surface area contributed by atoms with Gasteiger partial charge in [-0.1, -0.05) is 36.4 Å². The first kappa shape index (κ1) is 16.4. The first-order valence-corrected chi connectivity index (χ1v) is 9.81. The smallest absolute Gasteiger partial charge is 0.163 e. The zero-order chi connectivity index (χ0) is 18.2. The van der Waals surface area contributed by atoms with Crippen LogP contribution in [0.4, 0.5) is 5.82 Å². The molecule has 5 rings (SSSR count). The summed E-state index contributed by atoms with van der Waals surface area (Å²) in [5, 5.41) is 11.9. The third-order valence-corrected chi connectivity index (χ3v) is 5.74. The van der Waals surface area contributed by atoms with E-state index in [2.05, 4.69) is 33.5 Å². The van der Waals surface area contributed by atoms with Crippen LogP contribution in [0.1, 0.15) is 22.0 Å². The molecule has 0 radical (unpaired) electrons. The lowest BCUT2D eigenvalue weighted by atomic mass is 10.0. The second-order valence-corrected chi connectivity index (χ2v) is 7.64. The first-order valence-electron chi connectivity index (χ1n) is 8.93. The van der Waals surface area contributed by atoms with Crippen LogP contribution in [0.2, 0.25) is 0 Å². The Morgan fingerprint density at radius 3 is 2.59 bits per heavy atom. The van der Waals surface area contributed by atoms with Gasteiger partial charge in [0.1, 0.15) is 11.9 Å². The van der Waals surface area contributed by atoms with Crippen molar-refractivity contribution in [2.45, 2.75) is 12.1 Å². The Labute approximate surface area is 161 Å². The summed E-state index contributed by atoms with van der Waals surface area (Å²) < 4.78 is 0. The molecular weight excluding hydrogens is 356 g/mol. The number of aromatic nitrogens is 1. The molecule has 0 amide bonds. The number of nitrogens with zero attached hydrogens (tertiary/aromatic N) is 4. The maximum atomic E-state index is 9.82. The summed E-state index contributed by atoms with van der Waals surface area (Å²) in [6.45, 7) is 1.16. The Kier molecular flexibility index (Phi) is 4.07. The summed E-state index contributed by atoms with van der Waals surface area (Å²) in [5.74, 6) is 1.53. The molecule has 6 heteroatoms. The number of rotatable bonds is 2. The average Bonchev–Trinajstić information content (AvgIpc) is 3.15. The molecule has 0 aliphatic carbocycles. The van der Waals surface area contributed by atoms with Crippen molar-refractivity contribution in [1.29, 1.82) is 0 Å². The number of aliphatic hydroxyl groups excluding tert-OH is 1. The van der Waals surface area contributed by atoms with E-state index in [1.165, 1.54) is 0 Å². The van der Waals surface area contributed by atoms with E-state index in [-0.39, 0.29) is 12.1 Å². The molecule has 1 aromatic carbocycles. The minimum absolute atomic E-state index is 0.207. The zero-order valence-corrected chi connectivity index (χ0v) is 15.4. The average molecular weight is 374 g/mol. The topological polar surface area (TPSA) is 61.1 Å². The van der Waals surface area contributed by atoms with Gasteiger partial charge in [-0.3, -0.25) is 4.99 Å². The minimum Gasteiger partial charge on any atom is -0.389 e. The van der Waals surface area contributed by atoms with E-state index in [1.54, 1.807) is 17.5 Å². The van der Waals surface area contributed by atoms with Crippen LogP contribution in [0, 0.1) is 0 Å². The molecule has 0 spiro atoms. The molecule has 1 saturated heterocycles. The molecule has 2 aromatic heterocycles. The van der Waals surface area contributed by atoms with Crippen LogP contribution in [0.3, 0.4) is 0 Å². The molecule has 0 bridgehead atoms. The Morgan fingerprint density at radius 2 is 1.85 bits per heavy atom. The molecule has 3 aromatic rings. The van der Waals surface area contributed by atoms with Crippen molar-refractivity contribution in [3.63, 3.8) is 0 Å². The number of hydrogen-bond acceptors (Lipinski definition) is 6. The lowest BCUT2D eigenvalue weighted by Crippen LogP contribution is -2.54. The molecule has 1 unspecified atom stereocenters. The van der Waals surface area contributed by atoms with Gasteiger partial charge in [0.15, 0.2) is 5.82 Å². The van der Waals surface area contributed by atoms with E-state index in [0.29, 0.717) is 18.9 Å². The second kappa shape index (κ2) is 6.72. The number of pyridine rings is 1. The highest BCUT2D eigenvalue weighted by Crippen LogP contribution is 2.34. The number of benzene rings is 1. The van der Waals surface area contributed by atoms with Gasteiger partial charge >= 0.3 is 0 Å². The highest BCUT2D eigenvalue weighted by atomic mass is 32.1. The van der Waals surface area contributed by atoms with E-state index in [9.17, 15) is 5.11 Å². The highest BCUT2D eigenvalue weighted by molar-refractivity contribution is 7.10. The van der Waals surface area contributed by atoms with Crippen LogP contribution in [0.5, 0.6) is 0 Å². The molecule has 27 heavy (non-hydrogen) atoms. The van der Waals surface area contributed by atoms with E-state index in [1.807, 2.05) is 36.4 Å². The summed E-state index contributed by atoms with van der Waals surface area (Å²) in [4.78, 5) is 17.9. The van der Waals surface area contributed by atoms with Crippen molar-refractivity contribution in [2.24, 2.45) is 9.98 Å². The SMILES string of the molecule is OC1CN(C2=Nc3ncccc3C(c3ccccc3)=NC2c2cccs2)C1. The number of β-amino-alcohol motifs (C(OH)–C–C–N with tert-alkyl or cyclic N) is 1. The second-order valence-electron chi connectivity index (χ2n) is 6.67. The van der Waals surface area contributed by atoms with Crippen LogP contribution in [0.15, 0.2) is 76.2 Å². The molecule has 2 aliphatic heterocycles. The number of hydrogen-bond donors (Lipinski definition) is 1. The largest absolute Gasteiger partial charge is 0.389 e. The predicted molar refractivity (Wildman–Crippen MR) is 108 cm³/mol. The molecule has 4 heterocycles. The third kappa shape index (κ3) is 2.97. The molecular formula is C21H18N4OS. The molecule has 134 valence electrons.